The maximum Gasteiger partial charge on any atom is 0.253 e. The Morgan fingerprint density at radius 3 is 2.64 bits per heavy atom. The number of hydrogen-bond donors (Lipinski definition) is 2. The van der Waals surface area contributed by atoms with Crippen LogP contribution in [0.15, 0.2) is 16.0 Å². The minimum Gasteiger partial charge on any atom is -0.383 e. The summed E-state index contributed by atoms with van der Waals surface area (Å²) in [6.45, 7) is 6.35. The Morgan fingerprint density at radius 1 is 1.50 bits per heavy atom. The summed E-state index contributed by atoms with van der Waals surface area (Å²) in [6, 6.07) is 1.28. The third kappa shape index (κ3) is 3.06. The number of nitrogen functional groups attached to an aromatic ring is 1. The summed E-state index contributed by atoms with van der Waals surface area (Å²) in [7, 11) is 0. The first-order chi connectivity index (χ1) is 6.49. The molecular formula is C9H15N3OS. The second kappa shape index (κ2) is 4.50. The van der Waals surface area contributed by atoms with Crippen molar-refractivity contribution in [1.82, 2.24) is 9.97 Å². The molecule has 3 N–H and O–H groups in total. The molecule has 0 amide bonds. The summed E-state index contributed by atoms with van der Waals surface area (Å²) >= 11 is 1.53. The van der Waals surface area contributed by atoms with Crippen molar-refractivity contribution in [3.8, 4) is 0 Å². The van der Waals surface area contributed by atoms with Gasteiger partial charge in [-0.2, -0.15) is 0 Å². The molecule has 0 saturated carbocycles. The number of nitrogens with zero attached hydrogens (tertiary/aromatic N) is 1. The van der Waals surface area contributed by atoms with Crippen molar-refractivity contribution in [2.24, 2.45) is 5.92 Å². The Kier molecular flexibility index (Phi) is 3.57. The van der Waals surface area contributed by atoms with Crippen molar-refractivity contribution in [1.29, 1.82) is 0 Å². The molecule has 0 fully saturated rings. The van der Waals surface area contributed by atoms with Crippen LogP contribution in [-0.2, 0) is 0 Å². The highest BCUT2D eigenvalue weighted by molar-refractivity contribution is 7.99. The van der Waals surface area contributed by atoms with Gasteiger partial charge in [-0.1, -0.05) is 32.5 Å². The van der Waals surface area contributed by atoms with Gasteiger partial charge in [0.2, 0.25) is 0 Å². The summed E-state index contributed by atoms with van der Waals surface area (Å²) in [5.41, 5.74) is 5.27. The van der Waals surface area contributed by atoms with Crippen LogP contribution in [0.3, 0.4) is 0 Å². The molecule has 1 rings (SSSR count). The van der Waals surface area contributed by atoms with E-state index in [1.165, 1.54) is 17.8 Å². The minimum absolute atomic E-state index is 0.198. The Bertz CT molecular complexity index is 361. The van der Waals surface area contributed by atoms with Crippen LogP contribution in [0.4, 0.5) is 5.82 Å². The largest absolute Gasteiger partial charge is 0.383 e. The Morgan fingerprint density at radius 2 is 2.14 bits per heavy atom. The summed E-state index contributed by atoms with van der Waals surface area (Å²) in [6.07, 6.45) is 0. The van der Waals surface area contributed by atoms with E-state index in [9.17, 15) is 4.79 Å². The van der Waals surface area contributed by atoms with Crippen molar-refractivity contribution in [3.63, 3.8) is 0 Å². The van der Waals surface area contributed by atoms with Gasteiger partial charge in [0.05, 0.1) is 0 Å². The van der Waals surface area contributed by atoms with Gasteiger partial charge < -0.3 is 10.7 Å². The fraction of sp³-hybridized carbons (Fsp3) is 0.556. The molecule has 0 aliphatic heterocycles. The van der Waals surface area contributed by atoms with E-state index in [0.29, 0.717) is 16.3 Å². The average molecular weight is 213 g/mol. The monoisotopic (exact) mass is 213 g/mol. The first kappa shape index (κ1) is 11.1. The fourth-order valence-electron chi connectivity index (χ4n) is 0.821. The number of aromatic nitrogens is 2. The molecule has 1 heterocycles. The molecule has 1 atom stereocenters. The molecular weight excluding hydrogens is 198 g/mol. The van der Waals surface area contributed by atoms with Gasteiger partial charge in [0.1, 0.15) is 5.82 Å². The van der Waals surface area contributed by atoms with Gasteiger partial charge in [-0.15, -0.1) is 0 Å². The normalized spacial score (nSPS) is 13.1. The maximum absolute atomic E-state index is 11.1. The first-order valence-electron chi connectivity index (χ1n) is 4.52. The van der Waals surface area contributed by atoms with Gasteiger partial charge in [0.25, 0.3) is 5.56 Å². The number of aromatic amines is 1. The molecule has 0 aliphatic rings. The molecule has 4 nitrogen and oxygen atoms in total. The highest BCUT2D eigenvalue weighted by Gasteiger charge is 2.10. The van der Waals surface area contributed by atoms with Crippen molar-refractivity contribution < 1.29 is 0 Å². The molecule has 0 bridgehead atoms. The van der Waals surface area contributed by atoms with Crippen molar-refractivity contribution >= 4 is 17.6 Å². The van der Waals surface area contributed by atoms with Crippen LogP contribution in [0.1, 0.15) is 20.8 Å². The predicted molar refractivity (Wildman–Crippen MR) is 59.4 cm³/mol. The summed E-state index contributed by atoms with van der Waals surface area (Å²) < 4.78 is 0. The van der Waals surface area contributed by atoms with E-state index in [2.05, 4.69) is 30.7 Å². The lowest BCUT2D eigenvalue weighted by Gasteiger charge is -2.13. The minimum atomic E-state index is -0.198. The van der Waals surface area contributed by atoms with Crippen molar-refractivity contribution in [2.75, 3.05) is 5.73 Å². The van der Waals surface area contributed by atoms with Crippen molar-refractivity contribution in [2.45, 2.75) is 31.2 Å². The number of rotatable bonds is 3. The van der Waals surface area contributed by atoms with Gasteiger partial charge in [-0.05, 0) is 5.92 Å². The lowest BCUT2D eigenvalue weighted by atomic mass is 10.2. The molecule has 14 heavy (non-hydrogen) atoms. The van der Waals surface area contributed by atoms with E-state index in [0.717, 1.165) is 0 Å². The Labute approximate surface area is 87.3 Å². The third-order valence-corrected chi connectivity index (χ3v) is 3.31. The summed E-state index contributed by atoms with van der Waals surface area (Å²) in [5.74, 6) is 0.805. The van der Waals surface area contributed by atoms with Gasteiger partial charge in [-0.25, -0.2) is 4.98 Å². The highest BCUT2D eigenvalue weighted by Crippen LogP contribution is 2.24. The maximum atomic E-state index is 11.1. The van der Waals surface area contributed by atoms with E-state index in [4.69, 9.17) is 5.73 Å². The standard InChI is InChI=1S/C9H15N3OS/c1-5(2)6(3)14-9-11-7(10)4-8(13)12-9/h4-6H,1-3H3,(H3,10,11,12,13). The van der Waals surface area contributed by atoms with Gasteiger partial charge in [-0.3, -0.25) is 4.79 Å². The van der Waals surface area contributed by atoms with Crippen LogP contribution in [0.25, 0.3) is 0 Å². The smallest absolute Gasteiger partial charge is 0.253 e. The zero-order chi connectivity index (χ0) is 10.7. The quantitative estimate of drug-likeness (QED) is 0.589. The Hall–Kier alpha value is -0.970. The number of hydrogen-bond acceptors (Lipinski definition) is 4. The van der Waals surface area contributed by atoms with Crippen LogP contribution in [0, 0.1) is 5.92 Å². The van der Waals surface area contributed by atoms with Gasteiger partial charge in [0, 0.05) is 11.3 Å². The van der Waals surface area contributed by atoms with Gasteiger partial charge in [0.15, 0.2) is 5.16 Å². The first-order valence-corrected chi connectivity index (χ1v) is 5.40. The lowest BCUT2D eigenvalue weighted by Crippen LogP contribution is -2.12. The number of nitrogens with one attached hydrogen (secondary N) is 1. The van der Waals surface area contributed by atoms with Gasteiger partial charge >= 0.3 is 0 Å². The lowest BCUT2D eigenvalue weighted by molar-refractivity contribution is 0.640. The highest BCUT2D eigenvalue weighted by atomic mass is 32.2. The van der Waals surface area contributed by atoms with E-state index in [-0.39, 0.29) is 11.4 Å². The number of nitrogens with two attached hydrogens (primary N) is 1. The molecule has 1 aromatic heterocycles. The van der Waals surface area contributed by atoms with E-state index >= 15 is 0 Å². The summed E-state index contributed by atoms with van der Waals surface area (Å²) in [4.78, 5) is 17.8. The molecule has 0 aromatic carbocycles. The topological polar surface area (TPSA) is 71.8 Å². The van der Waals surface area contributed by atoms with Crippen LogP contribution >= 0.6 is 11.8 Å². The predicted octanol–water partition coefficient (Wildman–Crippen LogP) is 1.49. The zero-order valence-electron chi connectivity index (χ0n) is 8.57. The van der Waals surface area contributed by atoms with Crippen LogP contribution in [-0.4, -0.2) is 15.2 Å². The zero-order valence-corrected chi connectivity index (χ0v) is 9.39. The molecule has 1 aromatic rings. The molecule has 0 aliphatic carbocycles. The van der Waals surface area contributed by atoms with E-state index in [1.807, 2.05) is 0 Å². The molecule has 1 unspecified atom stereocenters. The van der Waals surface area contributed by atoms with Crippen LogP contribution in [0.2, 0.25) is 0 Å². The molecule has 78 valence electrons. The second-order valence-corrected chi connectivity index (χ2v) is 4.91. The van der Waals surface area contributed by atoms with Crippen LogP contribution < -0.4 is 11.3 Å². The SMILES string of the molecule is CC(C)C(C)Sc1nc(N)cc(=O)[nH]1. The second-order valence-electron chi connectivity index (χ2n) is 3.54. The number of H-pyrrole nitrogens is 1. The molecule has 0 radical (unpaired) electrons. The number of anilines is 1. The Balaban J connectivity index is 2.82. The molecule has 0 saturated heterocycles. The summed E-state index contributed by atoms with van der Waals surface area (Å²) in [5, 5.41) is 0.996. The van der Waals surface area contributed by atoms with Crippen molar-refractivity contribution in [3.05, 3.63) is 16.4 Å². The average Bonchev–Trinajstić information content (AvgIpc) is 2.01. The molecule has 0 spiro atoms. The third-order valence-electron chi connectivity index (χ3n) is 1.98. The molecule has 5 heteroatoms. The van der Waals surface area contributed by atoms with E-state index < -0.39 is 0 Å². The van der Waals surface area contributed by atoms with Crippen LogP contribution in [0.5, 0.6) is 0 Å². The fourth-order valence-corrected chi connectivity index (χ4v) is 1.76. The van der Waals surface area contributed by atoms with E-state index in [1.54, 1.807) is 0 Å². The number of thioether (sulfide) groups is 1.